The van der Waals surface area contributed by atoms with Crippen LogP contribution in [-0.4, -0.2) is 69.7 Å². The summed E-state index contributed by atoms with van der Waals surface area (Å²) < 4.78 is 10.7. The first-order valence-electron chi connectivity index (χ1n) is 9.03. The fraction of sp³-hybridized carbons (Fsp3) is 0.333. The van der Waals surface area contributed by atoms with Crippen molar-refractivity contribution in [3.05, 3.63) is 53.6 Å². The Bertz CT molecular complexity index is 867. The highest BCUT2D eigenvalue weighted by atomic mass is 16.5. The number of fused-ring (bicyclic) bond motifs is 1. The largest absolute Gasteiger partial charge is 0.493 e. The molecule has 0 radical (unpaired) electrons. The van der Waals surface area contributed by atoms with Gasteiger partial charge in [0.1, 0.15) is 6.67 Å². The summed E-state index contributed by atoms with van der Waals surface area (Å²) in [6.07, 6.45) is 0. The Morgan fingerprint density at radius 3 is 2.32 bits per heavy atom. The van der Waals surface area contributed by atoms with E-state index in [4.69, 9.17) is 9.47 Å². The lowest BCUT2D eigenvalue weighted by Gasteiger charge is -2.37. The minimum atomic E-state index is -0.170. The molecule has 7 nitrogen and oxygen atoms in total. The summed E-state index contributed by atoms with van der Waals surface area (Å²) in [5.74, 6) is 0.629. The van der Waals surface area contributed by atoms with Gasteiger partial charge in [-0.05, 0) is 32.3 Å². The van der Waals surface area contributed by atoms with Gasteiger partial charge >= 0.3 is 0 Å². The fourth-order valence-corrected chi connectivity index (χ4v) is 3.15. The van der Waals surface area contributed by atoms with Crippen LogP contribution in [0.1, 0.15) is 20.7 Å². The first kappa shape index (κ1) is 19.7. The molecule has 0 aliphatic carbocycles. The topological polar surface area (TPSA) is 62.3 Å². The number of hydrogen-bond donors (Lipinski definition) is 0. The molecule has 148 valence electrons. The highest BCUT2D eigenvalue weighted by molar-refractivity contribution is 6.13. The summed E-state index contributed by atoms with van der Waals surface area (Å²) >= 11 is 0. The molecule has 28 heavy (non-hydrogen) atoms. The van der Waals surface area contributed by atoms with Crippen LogP contribution in [0.2, 0.25) is 0 Å². The van der Waals surface area contributed by atoms with Crippen LogP contribution in [-0.2, 0) is 0 Å². The molecule has 1 heterocycles. The molecule has 0 N–H and O–H groups in total. The maximum Gasteiger partial charge on any atom is 0.259 e. The Morgan fingerprint density at radius 1 is 1.07 bits per heavy atom. The lowest BCUT2D eigenvalue weighted by Crippen LogP contribution is -2.50. The third kappa shape index (κ3) is 3.80. The number of ether oxygens (including phenoxy) is 2. The van der Waals surface area contributed by atoms with E-state index >= 15 is 0 Å². The Labute approximate surface area is 165 Å². The standard InChI is InChI=1S/C21H25N3O4/c1-22(2)10-11-23-14-24(20(25)15-8-6-5-7-9-15)17-13-19(28-4)18(27-3)12-16(17)21(23)26/h5-9,12-13H,10-11,14H2,1-4H3. The zero-order valence-corrected chi connectivity index (χ0v) is 16.6. The number of benzene rings is 2. The van der Waals surface area contributed by atoms with Gasteiger partial charge in [-0.15, -0.1) is 0 Å². The van der Waals surface area contributed by atoms with Crippen LogP contribution >= 0.6 is 0 Å². The molecule has 7 heteroatoms. The zero-order valence-electron chi connectivity index (χ0n) is 16.6. The van der Waals surface area contributed by atoms with Crippen molar-refractivity contribution in [1.29, 1.82) is 0 Å². The summed E-state index contributed by atoms with van der Waals surface area (Å²) in [4.78, 5) is 31.6. The zero-order chi connectivity index (χ0) is 20.3. The van der Waals surface area contributed by atoms with Crippen molar-refractivity contribution in [2.75, 3.05) is 53.0 Å². The molecule has 1 aliphatic heterocycles. The highest BCUT2D eigenvalue weighted by Crippen LogP contribution is 2.38. The summed E-state index contributed by atoms with van der Waals surface area (Å²) in [7, 11) is 6.95. The maximum absolute atomic E-state index is 13.2. The number of carbonyl (C=O) groups is 2. The van der Waals surface area contributed by atoms with E-state index in [1.165, 1.54) is 14.2 Å². The van der Waals surface area contributed by atoms with Gasteiger partial charge in [-0.3, -0.25) is 14.5 Å². The average molecular weight is 383 g/mol. The number of likely N-dealkylation sites (N-methyl/N-ethyl adjacent to an activating group) is 1. The molecule has 3 rings (SSSR count). The van der Waals surface area contributed by atoms with Crippen LogP contribution in [0.4, 0.5) is 5.69 Å². The molecule has 0 fully saturated rings. The van der Waals surface area contributed by atoms with E-state index < -0.39 is 0 Å². The lowest BCUT2D eigenvalue weighted by molar-refractivity contribution is 0.0717. The number of anilines is 1. The Morgan fingerprint density at radius 2 is 1.71 bits per heavy atom. The molecule has 2 aromatic carbocycles. The summed E-state index contributed by atoms with van der Waals surface area (Å²) in [5.41, 5.74) is 1.51. The van der Waals surface area contributed by atoms with Crippen LogP contribution < -0.4 is 14.4 Å². The van der Waals surface area contributed by atoms with Crippen molar-refractivity contribution >= 4 is 17.5 Å². The molecule has 0 saturated heterocycles. The minimum Gasteiger partial charge on any atom is -0.493 e. The number of nitrogens with zero attached hydrogens (tertiary/aromatic N) is 3. The summed E-state index contributed by atoms with van der Waals surface area (Å²) in [6.45, 7) is 1.39. The van der Waals surface area contributed by atoms with E-state index in [2.05, 4.69) is 0 Å². The SMILES string of the molecule is COc1cc2c(cc1OC)N(C(=O)c1ccccc1)CN(CCN(C)C)C2=O. The van der Waals surface area contributed by atoms with E-state index in [-0.39, 0.29) is 18.5 Å². The van der Waals surface area contributed by atoms with E-state index in [1.807, 2.05) is 37.2 Å². The number of rotatable bonds is 6. The van der Waals surface area contributed by atoms with Gasteiger partial charge in [-0.25, -0.2) is 0 Å². The fourth-order valence-electron chi connectivity index (χ4n) is 3.15. The number of methoxy groups -OCH3 is 2. The predicted molar refractivity (Wildman–Crippen MR) is 107 cm³/mol. The van der Waals surface area contributed by atoms with E-state index in [1.54, 1.807) is 34.1 Å². The second kappa shape index (κ2) is 8.31. The molecule has 1 aliphatic rings. The molecule has 0 atom stereocenters. The number of amides is 2. The van der Waals surface area contributed by atoms with Gasteiger partial charge in [0.15, 0.2) is 11.5 Å². The second-order valence-corrected chi connectivity index (χ2v) is 6.84. The van der Waals surface area contributed by atoms with Crippen LogP contribution in [0.5, 0.6) is 11.5 Å². The van der Waals surface area contributed by atoms with E-state index in [0.717, 1.165) is 0 Å². The van der Waals surface area contributed by atoms with Crippen LogP contribution in [0.25, 0.3) is 0 Å². The van der Waals surface area contributed by atoms with Crippen molar-refractivity contribution in [3.63, 3.8) is 0 Å². The molecule has 0 bridgehead atoms. The molecular weight excluding hydrogens is 358 g/mol. The van der Waals surface area contributed by atoms with Gasteiger partial charge in [0, 0.05) is 24.7 Å². The normalized spacial score (nSPS) is 13.5. The minimum absolute atomic E-state index is 0.130. The van der Waals surface area contributed by atoms with Gasteiger partial charge < -0.3 is 19.3 Å². The molecular formula is C21H25N3O4. The monoisotopic (exact) mass is 383 g/mol. The van der Waals surface area contributed by atoms with E-state index in [0.29, 0.717) is 41.4 Å². The van der Waals surface area contributed by atoms with Gasteiger partial charge in [0.25, 0.3) is 11.8 Å². The molecule has 2 amide bonds. The van der Waals surface area contributed by atoms with E-state index in [9.17, 15) is 9.59 Å². The van der Waals surface area contributed by atoms with Crippen molar-refractivity contribution in [2.45, 2.75) is 0 Å². The van der Waals surface area contributed by atoms with Gasteiger partial charge in [-0.1, -0.05) is 18.2 Å². The summed E-state index contributed by atoms with van der Waals surface area (Å²) in [5, 5.41) is 0. The lowest BCUT2D eigenvalue weighted by atomic mass is 10.1. The van der Waals surface area contributed by atoms with Crippen LogP contribution in [0.15, 0.2) is 42.5 Å². The summed E-state index contributed by atoms with van der Waals surface area (Å²) in [6, 6.07) is 12.4. The van der Waals surface area contributed by atoms with Gasteiger partial charge in [-0.2, -0.15) is 0 Å². The maximum atomic E-state index is 13.2. The Kier molecular flexibility index (Phi) is 5.84. The Balaban J connectivity index is 2.07. The highest BCUT2D eigenvalue weighted by Gasteiger charge is 2.34. The first-order chi connectivity index (χ1) is 13.5. The van der Waals surface area contributed by atoms with Crippen molar-refractivity contribution in [1.82, 2.24) is 9.80 Å². The quantitative estimate of drug-likeness (QED) is 0.766. The average Bonchev–Trinajstić information content (AvgIpc) is 2.72. The van der Waals surface area contributed by atoms with Gasteiger partial charge in [0.05, 0.1) is 25.5 Å². The number of hydrogen-bond acceptors (Lipinski definition) is 5. The van der Waals surface area contributed by atoms with Crippen LogP contribution in [0, 0.1) is 0 Å². The number of carbonyl (C=O) groups excluding carboxylic acids is 2. The van der Waals surface area contributed by atoms with Gasteiger partial charge in [0.2, 0.25) is 0 Å². The smallest absolute Gasteiger partial charge is 0.259 e. The third-order valence-electron chi connectivity index (χ3n) is 4.71. The van der Waals surface area contributed by atoms with Crippen molar-refractivity contribution in [2.24, 2.45) is 0 Å². The molecule has 0 saturated carbocycles. The molecule has 0 unspecified atom stereocenters. The van der Waals surface area contributed by atoms with Crippen molar-refractivity contribution < 1.29 is 19.1 Å². The molecule has 2 aromatic rings. The first-order valence-corrected chi connectivity index (χ1v) is 9.03. The van der Waals surface area contributed by atoms with Crippen LogP contribution in [0.3, 0.4) is 0 Å². The molecule has 0 spiro atoms. The van der Waals surface area contributed by atoms with Crippen molar-refractivity contribution in [3.8, 4) is 11.5 Å². The predicted octanol–water partition coefficient (Wildman–Crippen LogP) is 2.33. The second-order valence-electron chi connectivity index (χ2n) is 6.84. The molecule has 0 aromatic heterocycles. The Hall–Kier alpha value is -3.06. The third-order valence-corrected chi connectivity index (χ3v) is 4.71.